The zero-order valence-corrected chi connectivity index (χ0v) is 10.9. The van der Waals surface area contributed by atoms with Gasteiger partial charge in [0.1, 0.15) is 0 Å². The van der Waals surface area contributed by atoms with Crippen LogP contribution in [0.4, 0.5) is 5.69 Å². The highest BCUT2D eigenvalue weighted by Gasteiger charge is 2.17. The highest BCUT2D eigenvalue weighted by molar-refractivity contribution is 7.08. The van der Waals surface area contributed by atoms with Crippen LogP contribution in [0, 0.1) is 0 Å². The van der Waals surface area contributed by atoms with Gasteiger partial charge in [0.15, 0.2) is 0 Å². The molecule has 19 heavy (non-hydrogen) atoms. The third-order valence-electron chi connectivity index (χ3n) is 3.08. The maximum atomic E-state index is 11.9. The maximum Gasteiger partial charge on any atom is 0.256 e. The van der Waals surface area contributed by atoms with Crippen LogP contribution < -0.4 is 10.6 Å². The molecule has 0 aliphatic carbocycles. The molecule has 0 spiro atoms. The summed E-state index contributed by atoms with van der Waals surface area (Å²) in [6.45, 7) is 0.673. The Hall–Kier alpha value is -2.14. The monoisotopic (exact) mass is 272 g/mol. The van der Waals surface area contributed by atoms with Gasteiger partial charge in [0.05, 0.1) is 5.56 Å². The Balaban J connectivity index is 1.84. The summed E-state index contributed by atoms with van der Waals surface area (Å²) in [7, 11) is 0. The lowest BCUT2D eigenvalue weighted by Crippen LogP contribution is -2.31. The van der Waals surface area contributed by atoms with Gasteiger partial charge in [-0.2, -0.15) is 11.3 Å². The van der Waals surface area contributed by atoms with Gasteiger partial charge in [-0.15, -0.1) is 0 Å². The second-order valence-corrected chi connectivity index (χ2v) is 5.12. The standard InChI is InChI=1S/C14H12N2O2S/c17-13(10-4-6-19-8-10)16-11-2-1-9-3-5-15-14(18)12(9)7-11/h1-2,4,6-8H,3,5H2,(H,15,18)(H,16,17). The minimum absolute atomic E-state index is 0.0760. The van der Waals surface area contributed by atoms with Crippen molar-refractivity contribution >= 4 is 28.8 Å². The summed E-state index contributed by atoms with van der Waals surface area (Å²) in [4.78, 5) is 23.6. The van der Waals surface area contributed by atoms with Crippen LogP contribution in [0.2, 0.25) is 0 Å². The lowest BCUT2D eigenvalue weighted by atomic mass is 10.00. The van der Waals surface area contributed by atoms with E-state index in [9.17, 15) is 9.59 Å². The molecule has 0 atom stereocenters. The summed E-state index contributed by atoms with van der Waals surface area (Å²) in [6.07, 6.45) is 0.833. The molecule has 0 unspecified atom stereocenters. The van der Waals surface area contributed by atoms with Crippen LogP contribution in [0.15, 0.2) is 35.0 Å². The number of rotatable bonds is 2. The number of nitrogens with one attached hydrogen (secondary N) is 2. The minimum atomic E-state index is -0.155. The van der Waals surface area contributed by atoms with E-state index in [0.717, 1.165) is 12.0 Å². The quantitative estimate of drug-likeness (QED) is 0.881. The number of hydrogen-bond acceptors (Lipinski definition) is 3. The smallest absolute Gasteiger partial charge is 0.256 e. The topological polar surface area (TPSA) is 58.2 Å². The molecule has 0 saturated heterocycles. The van der Waals surface area contributed by atoms with Crippen molar-refractivity contribution in [1.29, 1.82) is 0 Å². The van der Waals surface area contributed by atoms with Crippen LogP contribution in [-0.4, -0.2) is 18.4 Å². The SMILES string of the molecule is O=C(Nc1ccc2c(c1)C(=O)NCC2)c1ccsc1. The molecule has 5 heteroatoms. The second-order valence-electron chi connectivity index (χ2n) is 4.34. The van der Waals surface area contributed by atoms with Crippen molar-refractivity contribution in [3.8, 4) is 0 Å². The normalized spacial score (nSPS) is 13.6. The zero-order valence-electron chi connectivity index (χ0n) is 10.1. The maximum absolute atomic E-state index is 11.9. The van der Waals surface area contributed by atoms with Crippen molar-refractivity contribution < 1.29 is 9.59 Å². The van der Waals surface area contributed by atoms with Crippen LogP contribution in [0.3, 0.4) is 0 Å². The fourth-order valence-electron chi connectivity index (χ4n) is 2.09. The molecule has 1 aliphatic heterocycles. The largest absolute Gasteiger partial charge is 0.352 e. The fraction of sp³-hybridized carbons (Fsp3) is 0.143. The molecule has 96 valence electrons. The van der Waals surface area contributed by atoms with E-state index in [1.54, 1.807) is 17.5 Å². The number of fused-ring (bicyclic) bond motifs is 1. The van der Waals surface area contributed by atoms with Gasteiger partial charge in [-0.1, -0.05) is 6.07 Å². The predicted octanol–water partition coefficient (Wildman–Crippen LogP) is 2.29. The predicted molar refractivity (Wildman–Crippen MR) is 74.8 cm³/mol. The molecule has 2 aromatic rings. The summed E-state index contributed by atoms with van der Waals surface area (Å²) < 4.78 is 0. The number of amides is 2. The van der Waals surface area contributed by atoms with Gasteiger partial charge < -0.3 is 10.6 Å². The Labute approximate surface area is 114 Å². The van der Waals surface area contributed by atoms with Crippen molar-refractivity contribution in [2.24, 2.45) is 0 Å². The number of hydrogen-bond donors (Lipinski definition) is 2. The van der Waals surface area contributed by atoms with E-state index >= 15 is 0 Å². The molecule has 1 aliphatic rings. The molecule has 1 aromatic heterocycles. The molecule has 1 aromatic carbocycles. The molecular weight excluding hydrogens is 260 g/mol. The Morgan fingerprint density at radius 3 is 3.00 bits per heavy atom. The van der Waals surface area contributed by atoms with Gasteiger partial charge in [-0.3, -0.25) is 9.59 Å². The van der Waals surface area contributed by atoms with E-state index in [1.807, 2.05) is 17.5 Å². The summed E-state index contributed by atoms with van der Waals surface area (Å²) in [5, 5.41) is 9.25. The highest BCUT2D eigenvalue weighted by atomic mass is 32.1. The van der Waals surface area contributed by atoms with Gasteiger partial charge in [0.25, 0.3) is 11.8 Å². The molecule has 2 heterocycles. The highest BCUT2D eigenvalue weighted by Crippen LogP contribution is 2.20. The van der Waals surface area contributed by atoms with Crippen molar-refractivity contribution in [3.05, 3.63) is 51.7 Å². The van der Waals surface area contributed by atoms with Crippen LogP contribution in [0.25, 0.3) is 0 Å². The minimum Gasteiger partial charge on any atom is -0.352 e. The van der Waals surface area contributed by atoms with Crippen LogP contribution in [0.1, 0.15) is 26.3 Å². The van der Waals surface area contributed by atoms with E-state index in [4.69, 9.17) is 0 Å². The van der Waals surface area contributed by atoms with Crippen LogP contribution in [-0.2, 0) is 6.42 Å². The first-order valence-electron chi connectivity index (χ1n) is 5.99. The first kappa shape index (κ1) is 11.9. The molecule has 2 N–H and O–H groups in total. The Morgan fingerprint density at radius 1 is 1.32 bits per heavy atom. The average Bonchev–Trinajstić information content (AvgIpc) is 2.94. The molecule has 0 fully saturated rings. The van der Waals surface area contributed by atoms with Crippen molar-refractivity contribution in [2.45, 2.75) is 6.42 Å². The van der Waals surface area contributed by atoms with Gasteiger partial charge in [0, 0.05) is 23.2 Å². The van der Waals surface area contributed by atoms with Gasteiger partial charge in [-0.25, -0.2) is 0 Å². The van der Waals surface area contributed by atoms with Crippen molar-refractivity contribution in [3.63, 3.8) is 0 Å². The number of benzene rings is 1. The summed E-state index contributed by atoms with van der Waals surface area (Å²) >= 11 is 1.48. The van der Waals surface area contributed by atoms with Gasteiger partial charge in [-0.05, 0) is 35.6 Å². The number of carbonyl (C=O) groups is 2. The van der Waals surface area contributed by atoms with Crippen molar-refractivity contribution in [2.75, 3.05) is 11.9 Å². The van der Waals surface area contributed by atoms with E-state index in [2.05, 4.69) is 10.6 Å². The number of thiophene rings is 1. The molecule has 0 saturated carbocycles. The van der Waals surface area contributed by atoms with Crippen LogP contribution in [0.5, 0.6) is 0 Å². The zero-order chi connectivity index (χ0) is 13.2. The Bertz CT molecular complexity index is 635. The molecule has 4 nitrogen and oxygen atoms in total. The van der Waals surface area contributed by atoms with E-state index in [-0.39, 0.29) is 11.8 Å². The van der Waals surface area contributed by atoms with Gasteiger partial charge >= 0.3 is 0 Å². The summed E-state index contributed by atoms with van der Waals surface area (Å²) in [5.41, 5.74) is 2.95. The van der Waals surface area contributed by atoms with Crippen LogP contribution >= 0.6 is 11.3 Å². The molecule has 0 radical (unpaired) electrons. The molecule has 3 rings (SSSR count). The first-order valence-corrected chi connectivity index (χ1v) is 6.93. The number of anilines is 1. The molecule has 2 amide bonds. The molecule has 0 bridgehead atoms. The van der Waals surface area contributed by atoms with Crippen molar-refractivity contribution in [1.82, 2.24) is 5.32 Å². The molecular formula is C14H12N2O2S. The average molecular weight is 272 g/mol. The number of carbonyl (C=O) groups excluding carboxylic acids is 2. The van der Waals surface area contributed by atoms with E-state index in [0.29, 0.717) is 23.4 Å². The van der Waals surface area contributed by atoms with E-state index in [1.165, 1.54) is 11.3 Å². The third kappa shape index (κ3) is 2.37. The Kier molecular flexibility index (Phi) is 3.05. The fourth-order valence-corrected chi connectivity index (χ4v) is 2.72. The third-order valence-corrected chi connectivity index (χ3v) is 3.76. The first-order chi connectivity index (χ1) is 9.24. The van der Waals surface area contributed by atoms with E-state index < -0.39 is 0 Å². The van der Waals surface area contributed by atoms with Gasteiger partial charge in [0.2, 0.25) is 0 Å². The lowest BCUT2D eigenvalue weighted by molar-refractivity contribution is 0.0944. The summed E-state index contributed by atoms with van der Waals surface area (Å²) in [6, 6.07) is 7.23. The lowest BCUT2D eigenvalue weighted by Gasteiger charge is -2.17. The summed E-state index contributed by atoms with van der Waals surface area (Å²) in [5.74, 6) is -0.231. The second kappa shape index (κ2) is 4.85. The Morgan fingerprint density at radius 2 is 2.21 bits per heavy atom.